The monoisotopic (exact) mass is 394 g/mol. The van der Waals surface area contributed by atoms with Gasteiger partial charge >= 0.3 is 6.03 Å². The fourth-order valence-corrected chi connectivity index (χ4v) is 3.54. The Morgan fingerprint density at radius 3 is 2.90 bits per heavy atom. The number of fused-ring (bicyclic) bond motifs is 1. The largest absolute Gasteiger partial charge is 0.497 e. The summed E-state index contributed by atoms with van der Waals surface area (Å²) in [5.74, 6) is 0.805. The topological polar surface area (TPSA) is 110 Å². The number of aryl methyl sites for hydroxylation is 1. The minimum Gasteiger partial charge on any atom is -0.497 e. The summed E-state index contributed by atoms with van der Waals surface area (Å²) in [7, 11) is 1.56. The van der Waals surface area contributed by atoms with E-state index in [-0.39, 0.29) is 17.8 Å². The predicted molar refractivity (Wildman–Crippen MR) is 110 cm³/mol. The lowest BCUT2D eigenvalue weighted by atomic mass is 9.86. The van der Waals surface area contributed by atoms with Crippen LogP contribution in [0, 0.1) is 12.8 Å². The van der Waals surface area contributed by atoms with E-state index in [2.05, 4.69) is 25.7 Å². The highest BCUT2D eigenvalue weighted by atomic mass is 16.5. The van der Waals surface area contributed by atoms with E-state index >= 15 is 0 Å². The van der Waals surface area contributed by atoms with Crippen LogP contribution in [0.15, 0.2) is 40.3 Å². The van der Waals surface area contributed by atoms with Gasteiger partial charge < -0.3 is 10.1 Å². The standard InChI is InChI=1S/C20H22N6O3/c1-12-10-17(23-20(28)21-13-6-5-7-14(11-13)29-2)26(25-12)19-22-16-9-4-3-8-15(16)18(27)24-19/h5-7,10-11,15H,3-4,8-9H2,1-2H3,(H2,21,23,28). The van der Waals surface area contributed by atoms with Crippen LogP contribution in [0.2, 0.25) is 0 Å². The summed E-state index contributed by atoms with van der Waals surface area (Å²) in [6.07, 6.45) is 3.61. The Hall–Kier alpha value is -3.49. The molecule has 2 aliphatic rings. The van der Waals surface area contributed by atoms with Gasteiger partial charge in [-0.2, -0.15) is 14.8 Å². The van der Waals surface area contributed by atoms with Crippen molar-refractivity contribution in [1.82, 2.24) is 9.78 Å². The van der Waals surface area contributed by atoms with Gasteiger partial charge in [0.25, 0.3) is 11.9 Å². The second-order valence-electron chi connectivity index (χ2n) is 7.05. The van der Waals surface area contributed by atoms with Crippen LogP contribution in [0.1, 0.15) is 31.4 Å². The molecule has 1 fully saturated rings. The smallest absolute Gasteiger partial charge is 0.324 e. The van der Waals surface area contributed by atoms with Gasteiger partial charge in [0.2, 0.25) is 0 Å². The molecule has 0 radical (unpaired) electrons. The number of carbonyl (C=O) groups excluding carboxylic acids is 2. The van der Waals surface area contributed by atoms with Gasteiger partial charge in [0.1, 0.15) is 11.6 Å². The number of aliphatic imine (C=N–C) groups is 2. The summed E-state index contributed by atoms with van der Waals surface area (Å²) in [5.41, 5.74) is 2.11. The Morgan fingerprint density at radius 2 is 2.07 bits per heavy atom. The second kappa shape index (κ2) is 7.86. The number of rotatable bonds is 3. The molecule has 29 heavy (non-hydrogen) atoms. The number of benzene rings is 1. The van der Waals surface area contributed by atoms with Crippen molar-refractivity contribution in [2.45, 2.75) is 32.6 Å². The molecule has 1 aliphatic carbocycles. The van der Waals surface area contributed by atoms with Gasteiger partial charge in [0.05, 0.1) is 18.7 Å². The lowest BCUT2D eigenvalue weighted by Crippen LogP contribution is -2.34. The third-order valence-corrected chi connectivity index (χ3v) is 4.92. The van der Waals surface area contributed by atoms with Gasteiger partial charge in [-0.3, -0.25) is 10.1 Å². The molecule has 1 aromatic heterocycles. The van der Waals surface area contributed by atoms with E-state index in [0.29, 0.717) is 22.9 Å². The molecular formula is C20H22N6O3. The first-order chi connectivity index (χ1) is 14.0. The minimum absolute atomic E-state index is 0.188. The number of nitrogens with zero attached hydrogens (tertiary/aromatic N) is 4. The lowest BCUT2D eigenvalue weighted by Gasteiger charge is -2.24. The van der Waals surface area contributed by atoms with Crippen LogP contribution in [-0.2, 0) is 4.79 Å². The number of urea groups is 1. The first-order valence-corrected chi connectivity index (χ1v) is 9.52. The molecule has 9 nitrogen and oxygen atoms in total. The molecule has 1 aromatic carbocycles. The van der Waals surface area contributed by atoms with Crippen LogP contribution in [0.4, 0.5) is 16.3 Å². The second-order valence-corrected chi connectivity index (χ2v) is 7.05. The third-order valence-electron chi connectivity index (χ3n) is 4.92. The number of nitrogens with one attached hydrogen (secondary N) is 2. The summed E-state index contributed by atoms with van der Waals surface area (Å²) >= 11 is 0. The SMILES string of the molecule is COc1cccc(NC(=O)Nc2cc(C)nn2C2=NC(=O)C3CCCCC3=N2)c1. The molecule has 0 saturated heterocycles. The molecule has 150 valence electrons. The summed E-state index contributed by atoms with van der Waals surface area (Å²) in [6, 6.07) is 8.28. The van der Waals surface area contributed by atoms with Gasteiger partial charge in [-0.15, -0.1) is 0 Å². The zero-order chi connectivity index (χ0) is 20.4. The molecule has 3 amide bonds. The van der Waals surface area contributed by atoms with E-state index in [0.717, 1.165) is 31.4 Å². The zero-order valence-corrected chi connectivity index (χ0v) is 16.3. The number of aromatic nitrogens is 2. The Balaban J connectivity index is 1.55. The van der Waals surface area contributed by atoms with Crippen molar-refractivity contribution in [3.63, 3.8) is 0 Å². The number of hydrogen-bond acceptors (Lipinski definition) is 5. The Morgan fingerprint density at radius 1 is 1.21 bits per heavy atom. The van der Waals surface area contributed by atoms with E-state index in [1.807, 2.05) is 0 Å². The molecule has 4 rings (SSSR count). The van der Waals surface area contributed by atoms with E-state index in [9.17, 15) is 9.59 Å². The van der Waals surface area contributed by atoms with Crippen LogP contribution in [0.5, 0.6) is 5.75 Å². The van der Waals surface area contributed by atoms with Gasteiger partial charge in [0.15, 0.2) is 0 Å². The number of anilines is 2. The van der Waals surface area contributed by atoms with Gasteiger partial charge in [-0.25, -0.2) is 9.79 Å². The molecule has 2 heterocycles. The van der Waals surface area contributed by atoms with Crippen molar-refractivity contribution >= 4 is 35.1 Å². The molecule has 1 aliphatic heterocycles. The molecule has 2 aromatic rings. The Bertz CT molecular complexity index is 1020. The maximum atomic E-state index is 12.5. The van der Waals surface area contributed by atoms with Crippen molar-refractivity contribution in [1.29, 1.82) is 0 Å². The quantitative estimate of drug-likeness (QED) is 0.833. The third kappa shape index (κ3) is 4.03. The van der Waals surface area contributed by atoms with Crippen LogP contribution < -0.4 is 15.4 Å². The van der Waals surface area contributed by atoms with Crippen LogP contribution in [0.25, 0.3) is 0 Å². The van der Waals surface area contributed by atoms with Gasteiger partial charge in [-0.1, -0.05) is 12.5 Å². The Kier molecular flexibility index (Phi) is 5.11. The molecule has 1 saturated carbocycles. The molecule has 0 spiro atoms. The first-order valence-electron chi connectivity index (χ1n) is 9.52. The van der Waals surface area contributed by atoms with Crippen molar-refractivity contribution in [3.8, 4) is 5.75 Å². The fraction of sp³-hybridized carbons (Fsp3) is 0.350. The van der Waals surface area contributed by atoms with Crippen LogP contribution >= 0.6 is 0 Å². The maximum Gasteiger partial charge on any atom is 0.324 e. The molecule has 9 heteroatoms. The normalized spacial score (nSPS) is 18.4. The van der Waals surface area contributed by atoms with E-state index in [1.165, 1.54) is 4.68 Å². The van der Waals surface area contributed by atoms with E-state index in [4.69, 9.17) is 4.74 Å². The van der Waals surface area contributed by atoms with Crippen molar-refractivity contribution in [3.05, 3.63) is 36.0 Å². The summed E-state index contributed by atoms with van der Waals surface area (Å²) in [4.78, 5) is 33.6. The fourth-order valence-electron chi connectivity index (χ4n) is 3.54. The van der Waals surface area contributed by atoms with E-state index in [1.54, 1.807) is 44.4 Å². The summed E-state index contributed by atoms with van der Waals surface area (Å²) in [5, 5.41) is 9.85. The van der Waals surface area contributed by atoms with Crippen LogP contribution in [-0.4, -0.2) is 40.5 Å². The highest BCUT2D eigenvalue weighted by Crippen LogP contribution is 2.26. The number of carbonyl (C=O) groups is 2. The average Bonchev–Trinajstić information content (AvgIpc) is 3.08. The van der Waals surface area contributed by atoms with Gasteiger partial charge in [-0.05, 0) is 38.3 Å². The molecule has 1 unspecified atom stereocenters. The first kappa shape index (κ1) is 18.9. The van der Waals surface area contributed by atoms with Crippen molar-refractivity contribution in [2.24, 2.45) is 15.9 Å². The predicted octanol–water partition coefficient (Wildman–Crippen LogP) is 3.22. The number of amides is 3. The van der Waals surface area contributed by atoms with E-state index < -0.39 is 6.03 Å². The number of hydrogen-bond donors (Lipinski definition) is 2. The van der Waals surface area contributed by atoms with Crippen molar-refractivity contribution in [2.75, 3.05) is 17.7 Å². The molecule has 1 atom stereocenters. The highest BCUT2D eigenvalue weighted by molar-refractivity contribution is 6.16. The zero-order valence-electron chi connectivity index (χ0n) is 16.3. The van der Waals surface area contributed by atoms with Crippen LogP contribution in [0.3, 0.4) is 0 Å². The Labute approximate surface area is 167 Å². The lowest BCUT2D eigenvalue weighted by molar-refractivity contribution is -0.120. The molecular weight excluding hydrogens is 372 g/mol. The summed E-state index contributed by atoms with van der Waals surface area (Å²) in [6.45, 7) is 1.80. The maximum absolute atomic E-state index is 12.5. The number of methoxy groups -OCH3 is 1. The summed E-state index contributed by atoms with van der Waals surface area (Å²) < 4.78 is 6.56. The van der Waals surface area contributed by atoms with Crippen molar-refractivity contribution < 1.29 is 14.3 Å². The highest BCUT2D eigenvalue weighted by Gasteiger charge is 2.32. The molecule has 0 bridgehead atoms. The number of ether oxygens (including phenoxy) is 1. The average molecular weight is 394 g/mol. The van der Waals surface area contributed by atoms with Gasteiger partial charge in [0, 0.05) is 23.5 Å². The molecule has 2 N–H and O–H groups in total. The minimum atomic E-state index is -0.453.